The number of anilines is 2. The second-order valence-electron chi connectivity index (χ2n) is 5.78. The summed E-state index contributed by atoms with van der Waals surface area (Å²) < 4.78 is 10.1. The maximum absolute atomic E-state index is 12.2. The number of hydrogen-bond acceptors (Lipinski definition) is 6. The second kappa shape index (κ2) is 12.3. The van der Waals surface area contributed by atoms with Crippen molar-refractivity contribution in [2.75, 3.05) is 18.7 Å². The average molecular weight is 469 g/mol. The Morgan fingerprint density at radius 3 is 2.37 bits per heavy atom. The Kier molecular flexibility index (Phi) is 9.83. The van der Waals surface area contributed by atoms with Crippen LogP contribution in [0.3, 0.4) is 0 Å². The largest absolute Gasteiger partial charge is 0.435 e. The van der Waals surface area contributed by atoms with Crippen molar-refractivity contribution in [2.24, 2.45) is 0 Å². The molecule has 9 heteroatoms. The normalized spacial score (nSPS) is 10.0. The van der Waals surface area contributed by atoms with Crippen LogP contribution >= 0.6 is 34.8 Å². The molecule has 0 aliphatic heterocycles. The molecule has 0 saturated heterocycles. The van der Waals surface area contributed by atoms with Gasteiger partial charge in [0.2, 0.25) is 5.28 Å². The number of rotatable bonds is 6. The Hall–Kier alpha value is -2.38. The van der Waals surface area contributed by atoms with Crippen LogP contribution in [0.25, 0.3) is 0 Å². The lowest BCUT2D eigenvalue weighted by Crippen LogP contribution is -2.11. The minimum absolute atomic E-state index is 0.0877. The van der Waals surface area contributed by atoms with E-state index in [9.17, 15) is 4.79 Å². The summed E-state index contributed by atoms with van der Waals surface area (Å²) in [7, 11) is 0. The smallest absolute Gasteiger partial charge is 0.342 e. The van der Waals surface area contributed by atoms with Gasteiger partial charge in [-0.3, -0.25) is 0 Å². The number of carbonyl (C=O) groups excluding carboxylic acids is 1. The van der Waals surface area contributed by atoms with E-state index in [-0.39, 0.29) is 6.79 Å². The third-order valence-electron chi connectivity index (χ3n) is 3.70. The zero-order valence-electron chi connectivity index (χ0n) is 16.4. The summed E-state index contributed by atoms with van der Waals surface area (Å²) in [6.07, 6.45) is 3.19. The van der Waals surface area contributed by atoms with Gasteiger partial charge in [0.05, 0.1) is 27.0 Å². The molecule has 30 heavy (non-hydrogen) atoms. The molecule has 0 radical (unpaired) electrons. The summed E-state index contributed by atoms with van der Waals surface area (Å²) in [6.45, 7) is 4.09. The van der Waals surface area contributed by atoms with E-state index >= 15 is 0 Å². The zero-order chi connectivity index (χ0) is 21.9. The third kappa shape index (κ3) is 7.15. The molecular weight excluding hydrogens is 449 g/mol. The fraction of sp³-hybridized carbons (Fsp3) is 0.190. The fourth-order valence-corrected chi connectivity index (χ4v) is 2.79. The summed E-state index contributed by atoms with van der Waals surface area (Å²) >= 11 is 17.8. The van der Waals surface area contributed by atoms with Crippen molar-refractivity contribution in [1.29, 1.82) is 0 Å². The van der Waals surface area contributed by atoms with E-state index in [2.05, 4.69) is 15.3 Å². The van der Waals surface area contributed by atoms with Gasteiger partial charge in [0, 0.05) is 19.0 Å². The van der Waals surface area contributed by atoms with Gasteiger partial charge in [-0.05, 0) is 55.3 Å². The highest BCUT2D eigenvalue weighted by Gasteiger charge is 2.15. The highest BCUT2D eigenvalue weighted by atomic mass is 35.5. The maximum atomic E-state index is 12.2. The number of aromatic nitrogens is 2. The van der Waals surface area contributed by atoms with Crippen LogP contribution in [-0.2, 0) is 9.47 Å². The van der Waals surface area contributed by atoms with Gasteiger partial charge in [0.25, 0.3) is 0 Å². The van der Waals surface area contributed by atoms with Crippen LogP contribution in [-0.4, -0.2) is 29.3 Å². The minimum Gasteiger partial charge on any atom is -0.435 e. The number of esters is 1. The van der Waals surface area contributed by atoms with Crippen LogP contribution in [0.4, 0.5) is 11.4 Å². The molecular formula is C21H20Cl3N3O3. The van der Waals surface area contributed by atoms with E-state index in [1.165, 1.54) is 0 Å². The lowest BCUT2D eigenvalue weighted by atomic mass is 10.1. The van der Waals surface area contributed by atoms with Gasteiger partial charge in [-0.15, -0.1) is 0 Å². The predicted molar refractivity (Wildman–Crippen MR) is 120 cm³/mol. The van der Waals surface area contributed by atoms with Gasteiger partial charge in [-0.25, -0.2) is 14.8 Å². The lowest BCUT2D eigenvalue weighted by molar-refractivity contribution is -0.0273. The van der Waals surface area contributed by atoms with Gasteiger partial charge >= 0.3 is 5.97 Å². The van der Waals surface area contributed by atoms with E-state index in [0.29, 0.717) is 38.9 Å². The molecule has 0 saturated carbocycles. The van der Waals surface area contributed by atoms with Crippen molar-refractivity contribution in [2.45, 2.75) is 13.8 Å². The molecule has 0 aliphatic carbocycles. The van der Waals surface area contributed by atoms with Crippen LogP contribution in [0.15, 0.2) is 54.9 Å². The summed E-state index contributed by atoms with van der Waals surface area (Å²) in [6, 6.07) is 12.3. The van der Waals surface area contributed by atoms with E-state index < -0.39 is 5.97 Å². The highest BCUT2D eigenvalue weighted by Crippen LogP contribution is 2.36. The van der Waals surface area contributed by atoms with Crippen molar-refractivity contribution in [3.05, 3.63) is 81.3 Å². The quantitative estimate of drug-likeness (QED) is 0.197. The van der Waals surface area contributed by atoms with Crippen LogP contribution in [0.5, 0.6) is 0 Å². The molecule has 1 N–H and O–H groups in total. The predicted octanol–water partition coefficient (Wildman–Crippen LogP) is 6.33. The maximum Gasteiger partial charge on any atom is 0.342 e. The molecule has 0 atom stereocenters. The van der Waals surface area contributed by atoms with Crippen molar-refractivity contribution >= 4 is 52.1 Å². The molecule has 1 aromatic heterocycles. The van der Waals surface area contributed by atoms with Gasteiger partial charge in [0.15, 0.2) is 6.79 Å². The number of aryl methyl sites for hydroxylation is 1. The molecule has 0 amide bonds. The highest BCUT2D eigenvalue weighted by molar-refractivity contribution is 6.39. The number of hydrogen-bond donors (Lipinski definition) is 1. The van der Waals surface area contributed by atoms with Crippen LogP contribution in [0.2, 0.25) is 15.3 Å². The summed E-state index contributed by atoms with van der Waals surface area (Å²) in [4.78, 5) is 19.4. The zero-order valence-corrected chi connectivity index (χ0v) is 18.6. The van der Waals surface area contributed by atoms with E-state index in [1.807, 2.05) is 19.9 Å². The molecule has 0 bridgehead atoms. The average Bonchev–Trinajstić information content (AvgIpc) is 2.75. The first-order valence-corrected chi connectivity index (χ1v) is 10.1. The van der Waals surface area contributed by atoms with E-state index in [4.69, 9.17) is 44.3 Å². The van der Waals surface area contributed by atoms with Gasteiger partial charge in [-0.1, -0.05) is 41.4 Å². The Bertz CT molecular complexity index is 972. The molecule has 0 fully saturated rings. The minimum atomic E-state index is -0.485. The topological polar surface area (TPSA) is 73.3 Å². The number of benzene rings is 2. The molecule has 2 aromatic carbocycles. The third-order valence-corrected chi connectivity index (χ3v) is 4.70. The summed E-state index contributed by atoms with van der Waals surface area (Å²) in [5, 5.41) is 4.39. The number of halogens is 3. The van der Waals surface area contributed by atoms with Crippen molar-refractivity contribution in [3.63, 3.8) is 0 Å². The Morgan fingerprint density at radius 1 is 1.03 bits per heavy atom. The number of ether oxygens (including phenoxy) is 2. The Morgan fingerprint density at radius 2 is 1.73 bits per heavy atom. The van der Waals surface area contributed by atoms with Gasteiger partial charge in [0.1, 0.15) is 0 Å². The van der Waals surface area contributed by atoms with Gasteiger partial charge < -0.3 is 14.8 Å². The first-order chi connectivity index (χ1) is 14.4. The van der Waals surface area contributed by atoms with Crippen LogP contribution < -0.4 is 5.32 Å². The van der Waals surface area contributed by atoms with Gasteiger partial charge in [-0.2, -0.15) is 0 Å². The van der Waals surface area contributed by atoms with Crippen molar-refractivity contribution in [1.82, 2.24) is 9.97 Å². The van der Waals surface area contributed by atoms with Crippen molar-refractivity contribution < 1.29 is 14.3 Å². The molecule has 0 unspecified atom stereocenters. The number of carbonyl (C=O) groups is 1. The Labute approximate surface area is 190 Å². The number of nitrogens with one attached hydrogen (secondary N) is 1. The molecule has 3 aromatic rings. The second-order valence-corrected chi connectivity index (χ2v) is 6.91. The Balaban J connectivity index is 0.000000386. The standard InChI is InChI=1S/C17H17Cl2NO3.C4H3ClN2/c1-3-22-10-23-17(21)12-6-4-5-7-14(12)20-16-13(18)9-8-11(2)15(16)19;5-4-6-2-1-3-7-4/h4-9,20H,3,10H2,1-2H3;1-3H. The molecule has 158 valence electrons. The monoisotopic (exact) mass is 467 g/mol. The molecule has 1 heterocycles. The van der Waals surface area contributed by atoms with E-state index in [0.717, 1.165) is 5.56 Å². The van der Waals surface area contributed by atoms with E-state index in [1.54, 1.807) is 48.8 Å². The molecule has 6 nitrogen and oxygen atoms in total. The SMILES string of the molecule is CCOCOC(=O)c1ccccc1Nc1c(Cl)ccc(C)c1Cl.Clc1ncccn1. The molecule has 0 aliphatic rings. The first-order valence-electron chi connectivity index (χ1n) is 8.92. The lowest BCUT2D eigenvalue weighted by Gasteiger charge is -2.15. The van der Waals surface area contributed by atoms with Crippen LogP contribution in [0, 0.1) is 6.92 Å². The molecule has 3 rings (SSSR count). The first kappa shape index (κ1) is 23.9. The molecule has 0 spiro atoms. The number of nitrogens with zero attached hydrogens (tertiary/aromatic N) is 2. The van der Waals surface area contributed by atoms with Crippen LogP contribution in [0.1, 0.15) is 22.8 Å². The summed E-state index contributed by atoms with van der Waals surface area (Å²) in [5.41, 5.74) is 2.37. The fourth-order valence-electron chi connectivity index (χ4n) is 2.21. The summed E-state index contributed by atoms with van der Waals surface area (Å²) in [5.74, 6) is -0.485. The number of para-hydroxylation sites is 1. The van der Waals surface area contributed by atoms with Crippen molar-refractivity contribution in [3.8, 4) is 0 Å².